The van der Waals surface area contributed by atoms with Crippen molar-refractivity contribution in [1.29, 1.82) is 0 Å². The van der Waals surface area contributed by atoms with E-state index >= 15 is 0 Å². The summed E-state index contributed by atoms with van der Waals surface area (Å²) in [4.78, 5) is 22.0. The highest BCUT2D eigenvalue weighted by molar-refractivity contribution is 6.32. The van der Waals surface area contributed by atoms with Gasteiger partial charge in [0.05, 0.1) is 25.8 Å². The van der Waals surface area contributed by atoms with Gasteiger partial charge in [0, 0.05) is 0 Å². The van der Waals surface area contributed by atoms with Crippen LogP contribution in [0.25, 0.3) is 0 Å². The predicted octanol–water partition coefficient (Wildman–Crippen LogP) is 1.40. The Kier molecular flexibility index (Phi) is 4.91. The maximum Gasteiger partial charge on any atom is 0.309 e. The third-order valence-electron chi connectivity index (χ3n) is 1.69. The molecule has 7 heteroatoms. The molecule has 1 aliphatic rings. The molecule has 1 atom stereocenters. The van der Waals surface area contributed by atoms with Crippen LogP contribution in [-0.4, -0.2) is 30.5 Å². The minimum absolute atomic E-state index is 0.0939. The molecule has 0 N–H and O–H groups in total. The fourth-order valence-electron chi connectivity index (χ4n) is 0.976. The van der Waals surface area contributed by atoms with Crippen LogP contribution in [0.4, 0.5) is 0 Å². The fraction of sp³-hybridized carbons (Fsp3) is 0.556. The normalized spacial score (nSPS) is 19.2. The molecule has 0 fully saturated rings. The first-order valence-corrected chi connectivity index (χ1v) is 5.16. The molecule has 0 aliphatic carbocycles. The Balaban J connectivity index is 2.33. The van der Waals surface area contributed by atoms with E-state index in [2.05, 4.69) is 10.2 Å². The summed E-state index contributed by atoms with van der Waals surface area (Å²) in [7, 11) is 0. The zero-order valence-corrected chi connectivity index (χ0v) is 9.44. The van der Waals surface area contributed by atoms with Crippen molar-refractivity contribution < 1.29 is 19.1 Å². The van der Waals surface area contributed by atoms with E-state index in [9.17, 15) is 9.59 Å². The number of esters is 1. The van der Waals surface area contributed by atoms with Crippen LogP contribution in [0.1, 0.15) is 13.3 Å². The van der Waals surface area contributed by atoms with Gasteiger partial charge in [-0.2, -0.15) is 5.11 Å². The summed E-state index contributed by atoms with van der Waals surface area (Å²) < 4.78 is 9.84. The molecule has 0 spiro atoms. The summed E-state index contributed by atoms with van der Waals surface area (Å²) in [5.41, 5.74) is 0. The zero-order valence-electron chi connectivity index (χ0n) is 8.68. The topological polar surface area (TPSA) is 77.3 Å². The second-order valence-electron chi connectivity index (χ2n) is 2.85. The van der Waals surface area contributed by atoms with E-state index in [1.807, 2.05) is 0 Å². The molecule has 6 nitrogen and oxygen atoms in total. The standard InChI is InChI=1S/C9H11ClN2O4/c1-2-15-7(13)3-4-16-6-5-11-12-9(14)8(6)10/h5,8H,2-4H2,1H3. The lowest BCUT2D eigenvalue weighted by atomic mass is 10.3. The van der Waals surface area contributed by atoms with E-state index < -0.39 is 11.3 Å². The van der Waals surface area contributed by atoms with Crippen LogP contribution in [0, 0.1) is 0 Å². The van der Waals surface area contributed by atoms with Crippen LogP contribution in [0.2, 0.25) is 0 Å². The first-order chi connectivity index (χ1) is 7.65. The van der Waals surface area contributed by atoms with Gasteiger partial charge in [-0.15, -0.1) is 16.7 Å². The van der Waals surface area contributed by atoms with Gasteiger partial charge < -0.3 is 9.47 Å². The Labute approximate surface area is 97.3 Å². The van der Waals surface area contributed by atoms with E-state index in [0.29, 0.717) is 6.61 Å². The zero-order chi connectivity index (χ0) is 12.0. The van der Waals surface area contributed by atoms with Crippen LogP contribution in [-0.2, 0) is 19.1 Å². The van der Waals surface area contributed by atoms with Gasteiger partial charge in [0.15, 0.2) is 5.38 Å². The number of alkyl halides is 1. The van der Waals surface area contributed by atoms with Crippen molar-refractivity contribution in [3.8, 4) is 0 Å². The average molecular weight is 247 g/mol. The molecule has 1 rings (SSSR count). The van der Waals surface area contributed by atoms with Gasteiger partial charge in [-0.3, -0.25) is 9.59 Å². The lowest BCUT2D eigenvalue weighted by molar-refractivity contribution is -0.143. The van der Waals surface area contributed by atoms with Gasteiger partial charge in [0.2, 0.25) is 0 Å². The van der Waals surface area contributed by atoms with E-state index in [1.54, 1.807) is 6.92 Å². The summed E-state index contributed by atoms with van der Waals surface area (Å²) in [6.07, 6.45) is 1.35. The van der Waals surface area contributed by atoms with Crippen molar-refractivity contribution in [3.05, 3.63) is 12.0 Å². The summed E-state index contributed by atoms with van der Waals surface area (Å²) in [6, 6.07) is 0. The number of carbonyl (C=O) groups excluding carboxylic acids is 2. The number of hydrogen-bond donors (Lipinski definition) is 0. The molecule has 0 saturated carbocycles. The fourth-order valence-corrected chi connectivity index (χ4v) is 1.14. The van der Waals surface area contributed by atoms with Crippen LogP contribution in [0.15, 0.2) is 22.2 Å². The van der Waals surface area contributed by atoms with Gasteiger partial charge in [-0.25, -0.2) is 0 Å². The van der Waals surface area contributed by atoms with Crippen molar-refractivity contribution in [3.63, 3.8) is 0 Å². The Morgan fingerprint density at radius 2 is 2.38 bits per heavy atom. The molecule has 1 unspecified atom stereocenters. The minimum atomic E-state index is -0.959. The average Bonchev–Trinajstić information content (AvgIpc) is 2.25. The van der Waals surface area contributed by atoms with E-state index in [0.717, 1.165) is 0 Å². The highest BCUT2D eigenvalue weighted by Crippen LogP contribution is 2.17. The number of amides is 1. The van der Waals surface area contributed by atoms with Gasteiger partial charge in [0.25, 0.3) is 5.91 Å². The SMILES string of the molecule is CCOC(=O)CCOC1=CN=NC(=O)C1Cl. The second kappa shape index (κ2) is 6.22. The smallest absolute Gasteiger partial charge is 0.309 e. The molecule has 0 saturated heterocycles. The molecule has 88 valence electrons. The molecule has 16 heavy (non-hydrogen) atoms. The van der Waals surface area contributed by atoms with Crippen LogP contribution in [0.5, 0.6) is 0 Å². The minimum Gasteiger partial charge on any atom is -0.493 e. The van der Waals surface area contributed by atoms with Crippen molar-refractivity contribution in [2.75, 3.05) is 13.2 Å². The highest BCUT2D eigenvalue weighted by atomic mass is 35.5. The third kappa shape index (κ3) is 3.62. The summed E-state index contributed by atoms with van der Waals surface area (Å²) in [5, 5.41) is 5.69. The lowest BCUT2D eigenvalue weighted by Crippen LogP contribution is -2.20. The molecule has 1 amide bonds. The van der Waals surface area contributed by atoms with Crippen molar-refractivity contribution >= 4 is 23.5 Å². The number of azo groups is 1. The quantitative estimate of drug-likeness (QED) is 0.543. The van der Waals surface area contributed by atoms with Crippen LogP contribution < -0.4 is 0 Å². The molecular formula is C9H11ClN2O4. The van der Waals surface area contributed by atoms with Crippen LogP contribution in [0.3, 0.4) is 0 Å². The van der Waals surface area contributed by atoms with Crippen molar-refractivity contribution in [2.45, 2.75) is 18.7 Å². The molecule has 0 aromatic heterocycles. The highest BCUT2D eigenvalue weighted by Gasteiger charge is 2.24. The van der Waals surface area contributed by atoms with Crippen molar-refractivity contribution in [2.24, 2.45) is 10.2 Å². The number of carbonyl (C=O) groups is 2. The monoisotopic (exact) mass is 246 g/mol. The number of hydrogen-bond acceptors (Lipinski definition) is 5. The van der Waals surface area contributed by atoms with Crippen LogP contribution >= 0.6 is 11.6 Å². The van der Waals surface area contributed by atoms with Gasteiger partial charge in [-0.1, -0.05) is 0 Å². The number of rotatable bonds is 5. The van der Waals surface area contributed by atoms with E-state index in [4.69, 9.17) is 21.1 Å². The number of nitrogens with zero attached hydrogens (tertiary/aromatic N) is 2. The van der Waals surface area contributed by atoms with E-state index in [1.165, 1.54) is 6.20 Å². The van der Waals surface area contributed by atoms with Gasteiger partial charge in [-0.05, 0) is 6.92 Å². The molecule has 0 aromatic rings. The van der Waals surface area contributed by atoms with Gasteiger partial charge >= 0.3 is 5.97 Å². The molecule has 0 radical (unpaired) electrons. The Hall–Kier alpha value is -1.43. The lowest BCUT2D eigenvalue weighted by Gasteiger charge is -2.13. The first-order valence-electron chi connectivity index (χ1n) is 4.72. The van der Waals surface area contributed by atoms with Crippen molar-refractivity contribution in [1.82, 2.24) is 0 Å². The molecule has 1 aliphatic heterocycles. The first kappa shape index (κ1) is 12.6. The summed E-state index contributed by atoms with van der Waals surface area (Å²) in [6.45, 7) is 2.14. The molecule has 0 aromatic carbocycles. The third-order valence-corrected chi connectivity index (χ3v) is 2.09. The second-order valence-corrected chi connectivity index (χ2v) is 3.29. The molecular weight excluding hydrogens is 236 g/mol. The maximum absolute atomic E-state index is 11.0. The number of ether oxygens (including phenoxy) is 2. The number of halogens is 1. The van der Waals surface area contributed by atoms with E-state index in [-0.39, 0.29) is 24.8 Å². The largest absolute Gasteiger partial charge is 0.493 e. The van der Waals surface area contributed by atoms with Gasteiger partial charge in [0.1, 0.15) is 5.76 Å². The predicted molar refractivity (Wildman–Crippen MR) is 54.8 cm³/mol. The Morgan fingerprint density at radius 3 is 3.06 bits per heavy atom. The summed E-state index contributed by atoms with van der Waals surface area (Å²) in [5.74, 6) is -0.737. The Bertz CT molecular complexity index is 340. The molecule has 0 bridgehead atoms. The summed E-state index contributed by atoms with van der Waals surface area (Å²) >= 11 is 5.70. The molecule has 1 heterocycles. The maximum atomic E-state index is 11.0. The Morgan fingerprint density at radius 1 is 1.62 bits per heavy atom.